The van der Waals surface area contributed by atoms with Crippen molar-refractivity contribution in [3.8, 4) is 0 Å². The molecule has 2 aromatic carbocycles. The van der Waals surface area contributed by atoms with Crippen molar-refractivity contribution in [2.24, 2.45) is 0 Å². The lowest BCUT2D eigenvalue weighted by molar-refractivity contribution is 0.0621. The number of imide groups is 1. The maximum absolute atomic E-state index is 12.7. The number of thiol groups is 1. The van der Waals surface area contributed by atoms with Crippen molar-refractivity contribution in [3.63, 3.8) is 0 Å². The average molecular weight is 357 g/mol. The van der Waals surface area contributed by atoms with Gasteiger partial charge in [-0.3, -0.25) is 14.5 Å². The molecule has 0 saturated heterocycles. The lowest BCUT2D eigenvalue weighted by Gasteiger charge is -2.27. The second kappa shape index (κ2) is 7.45. The summed E-state index contributed by atoms with van der Waals surface area (Å²) in [4.78, 5) is 28.8. The highest BCUT2D eigenvalue weighted by Gasteiger charge is 2.32. The molecule has 0 fully saturated rings. The highest BCUT2D eigenvalue weighted by atomic mass is 32.1. The molecule has 1 N–H and O–H groups in total. The number of rotatable bonds is 7. The minimum atomic E-state index is -0.234. The number of carbonyl (C=O) groups excluding carboxylic acids is 2. The first-order chi connectivity index (χ1) is 12.0. The second-order valence-electron chi connectivity index (χ2n) is 6.46. The number of benzene rings is 2. The zero-order valence-electron chi connectivity index (χ0n) is 14.6. The first-order valence-electron chi connectivity index (χ1n) is 8.46. The van der Waals surface area contributed by atoms with Gasteiger partial charge in [-0.1, -0.05) is 12.1 Å². The van der Waals surface area contributed by atoms with Crippen LogP contribution < -0.4 is 5.32 Å². The molecule has 2 aromatic rings. The van der Waals surface area contributed by atoms with Crippen molar-refractivity contribution in [1.82, 2.24) is 9.80 Å². The van der Waals surface area contributed by atoms with Gasteiger partial charge in [0.15, 0.2) is 0 Å². The smallest absolute Gasteiger partial charge is 0.261 e. The number of amides is 2. The van der Waals surface area contributed by atoms with E-state index < -0.39 is 0 Å². The van der Waals surface area contributed by atoms with Crippen LogP contribution in [0.1, 0.15) is 27.1 Å². The third-order valence-corrected chi connectivity index (χ3v) is 4.61. The number of carbonyl (C=O) groups is 2. The summed E-state index contributed by atoms with van der Waals surface area (Å²) in [5, 5.41) is 5.11. The quantitative estimate of drug-likeness (QED) is 0.454. The number of nitrogens with zero attached hydrogens (tertiary/aromatic N) is 2. The number of anilines is 1. The van der Waals surface area contributed by atoms with Gasteiger partial charge in [-0.2, -0.15) is 12.6 Å². The van der Waals surface area contributed by atoms with Gasteiger partial charge in [0.1, 0.15) is 0 Å². The Morgan fingerprint density at radius 2 is 1.80 bits per heavy atom. The molecule has 0 radical (unpaired) electrons. The van der Waals surface area contributed by atoms with Crippen LogP contribution in [0.15, 0.2) is 30.3 Å². The van der Waals surface area contributed by atoms with Gasteiger partial charge in [-0.05, 0) is 45.3 Å². The predicted octanol–water partition coefficient (Wildman–Crippen LogP) is 2.73. The molecule has 0 atom stereocenters. The van der Waals surface area contributed by atoms with Gasteiger partial charge in [0.05, 0.1) is 0 Å². The van der Waals surface area contributed by atoms with E-state index in [-0.39, 0.29) is 11.8 Å². The van der Waals surface area contributed by atoms with Gasteiger partial charge >= 0.3 is 0 Å². The molecule has 1 aliphatic rings. The highest BCUT2D eigenvalue weighted by Crippen LogP contribution is 2.34. The fraction of sp³-hybridized carbons (Fsp3) is 0.368. The number of hydrogen-bond acceptors (Lipinski definition) is 5. The molecule has 3 rings (SSSR count). The fourth-order valence-electron chi connectivity index (χ4n) is 3.22. The second-order valence-corrected chi connectivity index (χ2v) is 6.91. The molecule has 0 unspecified atom stereocenters. The third-order valence-electron chi connectivity index (χ3n) is 4.41. The Balaban J connectivity index is 1.97. The summed E-state index contributed by atoms with van der Waals surface area (Å²) in [5.41, 5.74) is 2.14. The maximum atomic E-state index is 12.7. The summed E-state index contributed by atoms with van der Waals surface area (Å²) in [5.74, 6) is -0.0160. The molecule has 6 heteroatoms. The first kappa shape index (κ1) is 17.8. The minimum absolute atomic E-state index is 0.234. The van der Waals surface area contributed by atoms with E-state index in [1.807, 2.05) is 24.3 Å². The normalized spacial score (nSPS) is 13.8. The SMILES string of the molecule is CN(C)CCCNc1ccc2c3c(cccc13)C(=O)N(CCS)C2=O. The molecular weight excluding hydrogens is 334 g/mol. The zero-order valence-corrected chi connectivity index (χ0v) is 15.5. The molecule has 1 aliphatic heterocycles. The van der Waals surface area contributed by atoms with E-state index in [4.69, 9.17) is 0 Å². The summed E-state index contributed by atoms with van der Waals surface area (Å²) in [6.07, 6.45) is 1.02. The van der Waals surface area contributed by atoms with Gasteiger partial charge in [-0.15, -0.1) is 0 Å². The van der Waals surface area contributed by atoms with Crippen molar-refractivity contribution in [3.05, 3.63) is 41.5 Å². The summed E-state index contributed by atoms with van der Waals surface area (Å²) in [6.45, 7) is 2.16. The molecular formula is C19H23N3O2S. The average Bonchev–Trinajstić information content (AvgIpc) is 2.60. The van der Waals surface area contributed by atoms with Crippen molar-refractivity contribution < 1.29 is 9.59 Å². The van der Waals surface area contributed by atoms with Crippen molar-refractivity contribution >= 4 is 40.9 Å². The summed E-state index contributed by atoms with van der Waals surface area (Å²) < 4.78 is 0. The standard InChI is InChI=1S/C19H23N3O2S/c1-21(2)10-4-9-20-16-8-7-15-17-13(16)5-3-6-14(17)18(23)22(11-12-25)19(15)24/h3,5-8,20,25H,4,9-12H2,1-2H3. The molecule has 0 aromatic heterocycles. The summed E-state index contributed by atoms with van der Waals surface area (Å²) >= 11 is 4.16. The van der Waals surface area contributed by atoms with Crippen LogP contribution in [-0.4, -0.2) is 61.1 Å². The highest BCUT2D eigenvalue weighted by molar-refractivity contribution is 7.80. The molecule has 0 spiro atoms. The van der Waals surface area contributed by atoms with Crippen molar-refractivity contribution in [2.75, 3.05) is 44.8 Å². The Kier molecular flexibility index (Phi) is 5.30. The zero-order chi connectivity index (χ0) is 18.0. The van der Waals surface area contributed by atoms with E-state index >= 15 is 0 Å². The van der Waals surface area contributed by atoms with Gasteiger partial charge in [0, 0.05) is 46.4 Å². The minimum Gasteiger partial charge on any atom is -0.384 e. The molecule has 5 nitrogen and oxygen atoms in total. The van der Waals surface area contributed by atoms with Crippen LogP contribution in [0.4, 0.5) is 5.69 Å². The monoisotopic (exact) mass is 357 g/mol. The van der Waals surface area contributed by atoms with E-state index in [1.165, 1.54) is 4.90 Å². The van der Waals surface area contributed by atoms with Crippen LogP contribution in [-0.2, 0) is 0 Å². The topological polar surface area (TPSA) is 52.7 Å². The lowest BCUT2D eigenvalue weighted by Crippen LogP contribution is -2.41. The number of nitrogens with one attached hydrogen (secondary N) is 1. The molecule has 0 saturated carbocycles. The maximum Gasteiger partial charge on any atom is 0.261 e. The van der Waals surface area contributed by atoms with Crippen LogP contribution in [0, 0.1) is 0 Å². The van der Waals surface area contributed by atoms with Crippen molar-refractivity contribution in [1.29, 1.82) is 0 Å². The van der Waals surface area contributed by atoms with Gasteiger partial charge in [0.2, 0.25) is 0 Å². The van der Waals surface area contributed by atoms with Crippen LogP contribution in [0.3, 0.4) is 0 Å². The lowest BCUT2D eigenvalue weighted by atomic mass is 9.93. The van der Waals surface area contributed by atoms with Gasteiger partial charge in [-0.25, -0.2) is 0 Å². The molecule has 0 bridgehead atoms. The molecule has 25 heavy (non-hydrogen) atoms. The summed E-state index contributed by atoms with van der Waals surface area (Å²) in [6, 6.07) is 9.39. The number of hydrogen-bond donors (Lipinski definition) is 2. The van der Waals surface area contributed by atoms with Gasteiger partial charge < -0.3 is 10.2 Å². The Bertz CT molecular complexity index is 797. The van der Waals surface area contributed by atoms with E-state index in [0.29, 0.717) is 23.4 Å². The van der Waals surface area contributed by atoms with E-state index in [9.17, 15) is 9.59 Å². The molecule has 2 amide bonds. The Morgan fingerprint density at radius 1 is 1.08 bits per heavy atom. The predicted molar refractivity (Wildman–Crippen MR) is 105 cm³/mol. The van der Waals surface area contributed by atoms with Crippen LogP contribution in [0.5, 0.6) is 0 Å². The van der Waals surface area contributed by atoms with E-state index in [2.05, 4.69) is 36.9 Å². The first-order valence-corrected chi connectivity index (χ1v) is 9.09. The molecule has 0 aliphatic carbocycles. The summed E-state index contributed by atoms with van der Waals surface area (Å²) in [7, 11) is 4.10. The molecule has 1 heterocycles. The Morgan fingerprint density at radius 3 is 2.48 bits per heavy atom. The third kappa shape index (κ3) is 3.37. The Labute approximate surface area is 153 Å². The van der Waals surface area contributed by atoms with Crippen LogP contribution in [0.25, 0.3) is 10.8 Å². The van der Waals surface area contributed by atoms with Gasteiger partial charge in [0.25, 0.3) is 11.8 Å². The molecule has 132 valence electrons. The van der Waals surface area contributed by atoms with E-state index in [0.717, 1.165) is 36.0 Å². The van der Waals surface area contributed by atoms with Crippen molar-refractivity contribution in [2.45, 2.75) is 6.42 Å². The fourth-order valence-corrected chi connectivity index (χ4v) is 3.42. The van der Waals surface area contributed by atoms with Crippen LogP contribution >= 0.6 is 12.6 Å². The van der Waals surface area contributed by atoms with Crippen LogP contribution in [0.2, 0.25) is 0 Å². The Hall–Kier alpha value is -2.05. The largest absolute Gasteiger partial charge is 0.384 e. The van der Waals surface area contributed by atoms with E-state index in [1.54, 1.807) is 6.07 Å².